The van der Waals surface area contributed by atoms with Crippen LogP contribution in [0.25, 0.3) is 0 Å². The van der Waals surface area contributed by atoms with Crippen LogP contribution < -0.4 is 0 Å². The van der Waals surface area contributed by atoms with Crippen molar-refractivity contribution in [3.8, 4) is 0 Å². The van der Waals surface area contributed by atoms with Gasteiger partial charge in [-0.05, 0) is 122 Å². The van der Waals surface area contributed by atoms with E-state index in [9.17, 15) is 14.4 Å². The molecule has 6 nitrogen and oxygen atoms in total. The summed E-state index contributed by atoms with van der Waals surface area (Å²) in [5, 5.41) is 0. The molecule has 0 saturated carbocycles. The van der Waals surface area contributed by atoms with Crippen molar-refractivity contribution in [2.75, 3.05) is 13.2 Å². The number of allylic oxidation sites excluding steroid dienone is 22. The van der Waals surface area contributed by atoms with Crippen molar-refractivity contribution in [1.82, 2.24) is 0 Å². The Morgan fingerprint density at radius 1 is 0.284 bits per heavy atom. The van der Waals surface area contributed by atoms with Crippen molar-refractivity contribution in [1.29, 1.82) is 0 Å². The fourth-order valence-electron chi connectivity index (χ4n) is 7.92. The summed E-state index contributed by atoms with van der Waals surface area (Å²) in [4.78, 5) is 38.2. The van der Waals surface area contributed by atoms with E-state index in [1.165, 1.54) is 83.5 Å². The van der Waals surface area contributed by atoms with Gasteiger partial charge in [0.1, 0.15) is 13.2 Å². The minimum absolute atomic E-state index is 0.115. The van der Waals surface area contributed by atoms with E-state index in [1.54, 1.807) is 0 Å². The van der Waals surface area contributed by atoms with Crippen LogP contribution in [0.1, 0.15) is 258 Å². The molecule has 0 aliphatic rings. The maximum absolute atomic E-state index is 12.9. The third kappa shape index (κ3) is 58.4. The smallest absolute Gasteiger partial charge is 0.306 e. The van der Waals surface area contributed by atoms with Crippen LogP contribution in [-0.2, 0) is 28.6 Å². The molecule has 1 atom stereocenters. The Morgan fingerprint density at radius 2 is 0.554 bits per heavy atom. The molecule has 0 spiro atoms. The molecule has 0 aromatic rings. The van der Waals surface area contributed by atoms with Crippen LogP contribution >= 0.6 is 0 Å². The van der Waals surface area contributed by atoms with Gasteiger partial charge >= 0.3 is 17.9 Å². The quantitative estimate of drug-likeness (QED) is 0.0261. The first-order valence-corrected chi connectivity index (χ1v) is 30.2. The maximum Gasteiger partial charge on any atom is 0.306 e. The largest absolute Gasteiger partial charge is 0.462 e. The summed E-state index contributed by atoms with van der Waals surface area (Å²) in [7, 11) is 0. The molecule has 0 bridgehead atoms. The Labute approximate surface area is 455 Å². The van der Waals surface area contributed by atoms with Crippen LogP contribution in [-0.4, -0.2) is 37.2 Å². The van der Waals surface area contributed by atoms with Gasteiger partial charge in [0.2, 0.25) is 0 Å². The molecule has 0 saturated heterocycles. The molecule has 0 aromatic carbocycles. The average molecular weight is 1020 g/mol. The molecule has 0 aliphatic carbocycles. The summed E-state index contributed by atoms with van der Waals surface area (Å²) in [5.41, 5.74) is 0. The summed E-state index contributed by atoms with van der Waals surface area (Å²) in [6.07, 6.45) is 86.0. The average Bonchev–Trinajstić information content (AvgIpc) is 3.40. The zero-order chi connectivity index (χ0) is 53.6. The van der Waals surface area contributed by atoms with Gasteiger partial charge in [0.15, 0.2) is 6.10 Å². The van der Waals surface area contributed by atoms with Crippen molar-refractivity contribution in [3.63, 3.8) is 0 Å². The summed E-state index contributed by atoms with van der Waals surface area (Å²) in [6.45, 7) is 6.33. The lowest BCUT2D eigenvalue weighted by Gasteiger charge is -2.18. The van der Waals surface area contributed by atoms with Gasteiger partial charge in [-0.2, -0.15) is 0 Å². The molecule has 0 N–H and O–H groups in total. The number of hydrogen-bond donors (Lipinski definition) is 0. The molecule has 0 heterocycles. The molecule has 0 rings (SSSR count). The number of carbonyl (C=O) groups excluding carboxylic acids is 3. The molecule has 0 aromatic heterocycles. The maximum atomic E-state index is 12.9. The van der Waals surface area contributed by atoms with E-state index in [-0.39, 0.29) is 44.0 Å². The highest BCUT2D eigenvalue weighted by Gasteiger charge is 2.19. The molecule has 418 valence electrons. The van der Waals surface area contributed by atoms with Gasteiger partial charge in [0.25, 0.3) is 0 Å². The topological polar surface area (TPSA) is 78.9 Å². The van der Waals surface area contributed by atoms with Crippen LogP contribution in [0.2, 0.25) is 0 Å². The molecule has 0 fully saturated rings. The Bertz CT molecular complexity index is 1600. The van der Waals surface area contributed by atoms with Gasteiger partial charge in [0.05, 0.1) is 0 Å². The van der Waals surface area contributed by atoms with E-state index in [0.29, 0.717) is 12.8 Å². The van der Waals surface area contributed by atoms with Crippen LogP contribution in [0.4, 0.5) is 0 Å². The Kier molecular flexibility index (Phi) is 57.4. The second kappa shape index (κ2) is 61.1. The number of carbonyl (C=O) groups is 3. The summed E-state index contributed by atoms with van der Waals surface area (Å²) < 4.78 is 16.8. The first kappa shape index (κ1) is 69.5. The van der Waals surface area contributed by atoms with Gasteiger partial charge < -0.3 is 14.2 Å². The monoisotopic (exact) mass is 1020 g/mol. The predicted octanol–water partition coefficient (Wildman–Crippen LogP) is 20.6. The predicted molar refractivity (Wildman–Crippen MR) is 320 cm³/mol. The van der Waals surface area contributed by atoms with Crippen LogP contribution in [0.15, 0.2) is 134 Å². The highest BCUT2D eigenvalue weighted by molar-refractivity contribution is 5.71. The second-order valence-electron chi connectivity index (χ2n) is 19.5. The first-order chi connectivity index (χ1) is 36.5. The van der Waals surface area contributed by atoms with Crippen LogP contribution in [0, 0.1) is 0 Å². The van der Waals surface area contributed by atoms with Gasteiger partial charge in [-0.3, -0.25) is 14.4 Å². The van der Waals surface area contributed by atoms with E-state index < -0.39 is 6.10 Å². The van der Waals surface area contributed by atoms with E-state index in [1.807, 2.05) is 6.08 Å². The van der Waals surface area contributed by atoms with Crippen molar-refractivity contribution < 1.29 is 28.6 Å². The highest BCUT2D eigenvalue weighted by Crippen LogP contribution is 2.14. The van der Waals surface area contributed by atoms with E-state index in [4.69, 9.17) is 14.2 Å². The number of unbranched alkanes of at least 4 members (excludes halogenated alkanes) is 20. The van der Waals surface area contributed by atoms with Gasteiger partial charge in [-0.25, -0.2) is 0 Å². The fraction of sp³-hybridized carbons (Fsp3) is 0.632. The third-order valence-corrected chi connectivity index (χ3v) is 12.4. The first-order valence-electron chi connectivity index (χ1n) is 30.2. The molecule has 74 heavy (non-hydrogen) atoms. The fourth-order valence-corrected chi connectivity index (χ4v) is 7.92. The van der Waals surface area contributed by atoms with E-state index in [2.05, 4.69) is 148 Å². The summed E-state index contributed by atoms with van der Waals surface area (Å²) >= 11 is 0. The van der Waals surface area contributed by atoms with Crippen molar-refractivity contribution in [2.45, 2.75) is 264 Å². The Morgan fingerprint density at radius 3 is 0.919 bits per heavy atom. The molecule has 6 heteroatoms. The van der Waals surface area contributed by atoms with Gasteiger partial charge in [-0.1, -0.05) is 251 Å². The van der Waals surface area contributed by atoms with Crippen molar-refractivity contribution in [2.24, 2.45) is 0 Å². The molecule has 0 radical (unpaired) electrons. The minimum Gasteiger partial charge on any atom is -0.462 e. The van der Waals surface area contributed by atoms with Crippen LogP contribution in [0.3, 0.4) is 0 Å². The van der Waals surface area contributed by atoms with E-state index in [0.717, 1.165) is 128 Å². The molecule has 1 unspecified atom stereocenters. The summed E-state index contributed by atoms with van der Waals surface area (Å²) in [5.74, 6) is -1.03. The van der Waals surface area contributed by atoms with E-state index >= 15 is 0 Å². The molecule has 0 amide bonds. The van der Waals surface area contributed by atoms with Gasteiger partial charge in [-0.15, -0.1) is 0 Å². The Hall–Kier alpha value is -4.45. The molecular weight excluding hydrogens is 913 g/mol. The number of rotatable bonds is 53. The zero-order valence-electron chi connectivity index (χ0n) is 47.8. The zero-order valence-corrected chi connectivity index (χ0v) is 47.8. The highest BCUT2D eigenvalue weighted by atomic mass is 16.6. The van der Waals surface area contributed by atoms with Crippen LogP contribution in [0.5, 0.6) is 0 Å². The van der Waals surface area contributed by atoms with Crippen molar-refractivity contribution in [3.05, 3.63) is 134 Å². The lowest BCUT2D eigenvalue weighted by Crippen LogP contribution is -2.30. The van der Waals surface area contributed by atoms with Crippen molar-refractivity contribution >= 4 is 17.9 Å². The molecular formula is C68H110O6. The summed E-state index contributed by atoms with van der Waals surface area (Å²) in [6, 6.07) is 0. The van der Waals surface area contributed by atoms with Gasteiger partial charge in [0, 0.05) is 19.3 Å². The lowest BCUT2D eigenvalue weighted by molar-refractivity contribution is -0.166. The number of ether oxygens (including phenoxy) is 3. The number of hydrogen-bond acceptors (Lipinski definition) is 6. The number of esters is 3. The normalized spacial score (nSPS) is 13.1. The molecule has 0 aliphatic heterocycles. The Balaban J connectivity index is 4.55. The third-order valence-electron chi connectivity index (χ3n) is 12.4. The SMILES string of the molecule is CC/C=C\C/C=C\C/C=C\C/C=C\C/C=C\C/C=C\CCC(=O)OCC(COC(=O)CCCCCCC/C=C\CCCCCCCCCCC)OC(=O)CCCCCCCC/C=C\C/C=C\C/C=C\C/C=C\CC. The lowest BCUT2D eigenvalue weighted by atomic mass is 10.1. The standard InChI is InChI=1S/C68H110O6/c1-4-7-10-13-16-19-22-25-28-31-34-37-40-43-46-49-52-55-58-61-67(70)73-64-65(63-72-66(69)60-57-54-51-48-45-42-39-36-33-30-27-24-21-18-15-12-9-6-3)74-68(71)62-59-56-53-50-47-44-41-38-35-32-29-26-23-20-17-14-11-8-5-2/h7-8,10-11,16-17,19-20,25-26,28-29,34-39,43,46,52,55,65H,4-6,9,12-15,18,21-24,27,30-33,40-42,44-45,47-51,53-54,56-64H2,1-3H3/b10-7-,11-8-,19-16-,20-17-,28-25-,29-26-,37-34-,38-35-,39-36-,46-43-,55-52-. The minimum atomic E-state index is -0.826. The second-order valence-corrected chi connectivity index (χ2v) is 19.5.